The Morgan fingerprint density at radius 3 is 2.06 bits per heavy atom. The Kier molecular flexibility index (Phi) is 8.88. The molecule has 170 valence electrons. The van der Waals surface area contributed by atoms with Gasteiger partial charge in [0, 0.05) is 10.6 Å². The van der Waals surface area contributed by atoms with E-state index in [0.717, 1.165) is 5.75 Å². The van der Waals surface area contributed by atoms with Crippen molar-refractivity contribution < 1.29 is 19.1 Å². The van der Waals surface area contributed by atoms with Gasteiger partial charge in [-0.1, -0.05) is 41.4 Å². The third-order valence-corrected chi connectivity index (χ3v) is 4.92. The zero-order chi connectivity index (χ0) is 23.6. The summed E-state index contributed by atoms with van der Waals surface area (Å²) in [4.78, 5) is 24.5. The Bertz CT molecular complexity index is 1130. The van der Waals surface area contributed by atoms with Crippen molar-refractivity contribution in [3.8, 4) is 11.5 Å². The minimum absolute atomic E-state index is 0.0863. The van der Waals surface area contributed by atoms with Gasteiger partial charge in [0.2, 0.25) is 0 Å². The van der Waals surface area contributed by atoms with Gasteiger partial charge in [0.25, 0.3) is 11.8 Å². The summed E-state index contributed by atoms with van der Waals surface area (Å²) in [7, 11) is 0. The predicted molar refractivity (Wildman–Crippen MR) is 131 cm³/mol. The molecule has 0 saturated carbocycles. The lowest BCUT2D eigenvalue weighted by molar-refractivity contribution is 0.0934. The lowest BCUT2D eigenvalue weighted by atomic mass is 10.2. The van der Waals surface area contributed by atoms with E-state index in [-0.39, 0.29) is 15.7 Å². The normalized spacial score (nSPS) is 10.1. The van der Waals surface area contributed by atoms with E-state index in [4.69, 9.17) is 44.9 Å². The molecule has 3 rings (SSSR count). The maximum atomic E-state index is 12.3. The van der Waals surface area contributed by atoms with Crippen LogP contribution in [-0.4, -0.2) is 30.1 Å². The minimum Gasteiger partial charge on any atom is -0.490 e. The third-order valence-electron chi connectivity index (χ3n) is 4.17. The number of rotatable bonds is 7. The first-order valence-electron chi connectivity index (χ1n) is 9.70. The molecule has 0 fully saturated rings. The highest BCUT2D eigenvalue weighted by molar-refractivity contribution is 7.80. The molecule has 0 aliphatic rings. The standard InChI is InChI=1S/C23H19Cl2N3O4S/c24-16-8-11-19(20(25)14-16)22(30)27-28-23(33)26-21(29)15-6-9-18(10-7-15)32-13-12-31-17-4-2-1-3-5-17/h1-11,14H,12-13H2,(H,27,30)(H2,26,28,29,33). The molecule has 10 heteroatoms. The number of carbonyl (C=O) groups is 2. The second kappa shape index (κ2) is 12.1. The second-order valence-electron chi connectivity index (χ2n) is 6.52. The van der Waals surface area contributed by atoms with Crippen molar-refractivity contribution in [2.24, 2.45) is 0 Å². The van der Waals surface area contributed by atoms with E-state index in [1.54, 1.807) is 24.3 Å². The van der Waals surface area contributed by atoms with Crippen LogP contribution in [0.15, 0.2) is 72.8 Å². The lowest BCUT2D eigenvalue weighted by Crippen LogP contribution is -2.48. The predicted octanol–water partition coefficient (Wildman–Crippen LogP) is 4.40. The van der Waals surface area contributed by atoms with Crippen molar-refractivity contribution in [3.63, 3.8) is 0 Å². The quantitative estimate of drug-likeness (QED) is 0.251. The van der Waals surface area contributed by atoms with Gasteiger partial charge < -0.3 is 9.47 Å². The fourth-order valence-corrected chi connectivity index (χ4v) is 3.24. The number of carbonyl (C=O) groups excluding carboxylic acids is 2. The van der Waals surface area contributed by atoms with Gasteiger partial charge >= 0.3 is 0 Å². The summed E-state index contributed by atoms with van der Waals surface area (Å²) >= 11 is 16.8. The monoisotopic (exact) mass is 503 g/mol. The van der Waals surface area contributed by atoms with Crippen molar-refractivity contribution >= 4 is 52.3 Å². The molecule has 0 aliphatic carbocycles. The largest absolute Gasteiger partial charge is 0.490 e. The molecule has 0 heterocycles. The van der Waals surface area contributed by atoms with Crippen LogP contribution in [0.1, 0.15) is 20.7 Å². The molecule has 0 unspecified atom stereocenters. The molecule has 7 nitrogen and oxygen atoms in total. The van der Waals surface area contributed by atoms with Crippen LogP contribution in [0.4, 0.5) is 0 Å². The Morgan fingerprint density at radius 2 is 1.42 bits per heavy atom. The average molecular weight is 504 g/mol. The van der Waals surface area contributed by atoms with Crippen molar-refractivity contribution in [1.82, 2.24) is 16.2 Å². The first kappa shape index (κ1) is 24.3. The highest BCUT2D eigenvalue weighted by Gasteiger charge is 2.12. The van der Waals surface area contributed by atoms with Crippen LogP contribution in [0.2, 0.25) is 10.0 Å². The van der Waals surface area contributed by atoms with Gasteiger partial charge in [-0.2, -0.15) is 0 Å². The molecular formula is C23H19Cl2N3O4S. The summed E-state index contributed by atoms with van der Waals surface area (Å²) in [6.45, 7) is 0.741. The van der Waals surface area contributed by atoms with Crippen LogP contribution in [0.25, 0.3) is 0 Å². The topological polar surface area (TPSA) is 88.7 Å². The molecule has 3 N–H and O–H groups in total. The Labute approximate surface area is 206 Å². The summed E-state index contributed by atoms with van der Waals surface area (Å²) in [5, 5.41) is 2.97. The molecule has 0 aromatic heterocycles. The van der Waals surface area contributed by atoms with Crippen LogP contribution in [0.5, 0.6) is 11.5 Å². The van der Waals surface area contributed by atoms with Crippen LogP contribution in [-0.2, 0) is 0 Å². The van der Waals surface area contributed by atoms with Gasteiger partial charge in [0.1, 0.15) is 24.7 Å². The van der Waals surface area contributed by atoms with Gasteiger partial charge in [0.05, 0.1) is 10.6 Å². The molecule has 0 saturated heterocycles. The zero-order valence-corrected chi connectivity index (χ0v) is 19.5. The van der Waals surface area contributed by atoms with E-state index >= 15 is 0 Å². The average Bonchev–Trinajstić information content (AvgIpc) is 2.81. The number of hydrogen-bond acceptors (Lipinski definition) is 5. The first-order valence-corrected chi connectivity index (χ1v) is 10.9. The second-order valence-corrected chi connectivity index (χ2v) is 7.77. The van der Waals surface area contributed by atoms with E-state index in [1.807, 2.05) is 30.3 Å². The molecule has 0 radical (unpaired) electrons. The van der Waals surface area contributed by atoms with Crippen molar-refractivity contribution in [3.05, 3.63) is 94.0 Å². The molecule has 33 heavy (non-hydrogen) atoms. The number of hydrogen-bond donors (Lipinski definition) is 3. The van der Waals surface area contributed by atoms with Gasteiger partial charge in [-0.05, 0) is 66.8 Å². The highest BCUT2D eigenvalue weighted by atomic mass is 35.5. The number of amides is 2. The van der Waals surface area contributed by atoms with Gasteiger partial charge in [-0.15, -0.1) is 0 Å². The summed E-state index contributed by atoms with van der Waals surface area (Å²) in [5.41, 5.74) is 5.38. The van der Waals surface area contributed by atoms with Gasteiger partial charge in [0.15, 0.2) is 5.11 Å². The Balaban J connectivity index is 1.41. The van der Waals surface area contributed by atoms with Crippen molar-refractivity contribution in [1.29, 1.82) is 0 Å². The van der Waals surface area contributed by atoms with E-state index in [0.29, 0.717) is 29.5 Å². The van der Waals surface area contributed by atoms with Gasteiger partial charge in [-0.3, -0.25) is 25.8 Å². The van der Waals surface area contributed by atoms with E-state index in [1.165, 1.54) is 18.2 Å². The van der Waals surface area contributed by atoms with Crippen molar-refractivity contribution in [2.75, 3.05) is 13.2 Å². The number of nitrogens with one attached hydrogen (secondary N) is 3. The van der Waals surface area contributed by atoms with Crippen LogP contribution < -0.4 is 25.6 Å². The summed E-state index contributed by atoms with van der Waals surface area (Å²) < 4.78 is 11.2. The van der Waals surface area contributed by atoms with Crippen LogP contribution >= 0.6 is 35.4 Å². The molecule has 0 atom stereocenters. The van der Waals surface area contributed by atoms with E-state index in [2.05, 4.69) is 16.2 Å². The molecular weight excluding hydrogens is 485 g/mol. The first-order chi connectivity index (χ1) is 15.9. The fourth-order valence-electron chi connectivity index (χ4n) is 2.60. The summed E-state index contributed by atoms with van der Waals surface area (Å²) in [6, 6.07) is 20.4. The number of ether oxygens (including phenoxy) is 2. The fraction of sp³-hybridized carbons (Fsp3) is 0.0870. The summed E-state index contributed by atoms with van der Waals surface area (Å²) in [6.07, 6.45) is 0. The molecule has 3 aromatic carbocycles. The van der Waals surface area contributed by atoms with Crippen LogP contribution in [0, 0.1) is 0 Å². The van der Waals surface area contributed by atoms with E-state index < -0.39 is 11.8 Å². The number of para-hydroxylation sites is 1. The number of hydrazine groups is 1. The highest BCUT2D eigenvalue weighted by Crippen LogP contribution is 2.20. The molecule has 2 amide bonds. The SMILES string of the molecule is O=C(NC(=S)NNC(=O)c1ccc(Cl)cc1Cl)c1ccc(OCCOc2ccccc2)cc1. The van der Waals surface area contributed by atoms with Gasteiger partial charge in [-0.25, -0.2) is 0 Å². The number of thiocarbonyl (C=S) groups is 1. The maximum Gasteiger partial charge on any atom is 0.271 e. The number of benzene rings is 3. The van der Waals surface area contributed by atoms with Crippen LogP contribution in [0.3, 0.4) is 0 Å². The molecule has 0 aliphatic heterocycles. The smallest absolute Gasteiger partial charge is 0.271 e. The molecule has 0 spiro atoms. The lowest BCUT2D eigenvalue weighted by Gasteiger charge is -2.12. The molecule has 3 aromatic rings. The zero-order valence-electron chi connectivity index (χ0n) is 17.1. The summed E-state index contributed by atoms with van der Waals surface area (Å²) in [5.74, 6) is 0.373. The van der Waals surface area contributed by atoms with Crippen molar-refractivity contribution in [2.45, 2.75) is 0 Å². The molecule has 0 bridgehead atoms. The number of halogens is 2. The Morgan fingerprint density at radius 1 is 0.788 bits per heavy atom. The van der Waals surface area contributed by atoms with E-state index in [9.17, 15) is 9.59 Å². The Hall–Kier alpha value is -3.33. The maximum absolute atomic E-state index is 12.3. The minimum atomic E-state index is -0.536. The third kappa shape index (κ3) is 7.64.